The van der Waals surface area contributed by atoms with E-state index in [4.69, 9.17) is 10.9 Å². The Kier molecular flexibility index (Phi) is 3.52. The summed E-state index contributed by atoms with van der Waals surface area (Å²) in [6.45, 7) is 1.96. The topological polar surface area (TPSA) is 76.4 Å². The van der Waals surface area contributed by atoms with E-state index in [9.17, 15) is 0 Å². The summed E-state index contributed by atoms with van der Waals surface area (Å²) in [6, 6.07) is 0.111. The van der Waals surface area contributed by atoms with Crippen LogP contribution in [0, 0.1) is 3.57 Å². The number of hydrogen-bond acceptors (Lipinski definition) is 3. The molecular weight excluding hydrogens is 283 g/mol. The van der Waals surface area contributed by atoms with E-state index >= 15 is 0 Å². The van der Waals surface area contributed by atoms with E-state index in [2.05, 4.69) is 32.8 Å². The monoisotopic (exact) mass is 294 g/mol. The number of oxime groups is 1. The fourth-order valence-electron chi connectivity index (χ4n) is 0.993. The van der Waals surface area contributed by atoms with E-state index in [0.29, 0.717) is 6.42 Å². The fraction of sp³-hybridized carbons (Fsp3) is 0.429. The highest BCUT2D eigenvalue weighted by Gasteiger charge is 2.07. The van der Waals surface area contributed by atoms with Crippen molar-refractivity contribution in [3.63, 3.8) is 0 Å². The Bertz CT molecular complexity index is 309. The van der Waals surface area contributed by atoms with Crippen molar-refractivity contribution in [2.24, 2.45) is 10.9 Å². The van der Waals surface area contributed by atoms with Gasteiger partial charge in [-0.05, 0) is 29.5 Å². The van der Waals surface area contributed by atoms with Crippen LogP contribution in [-0.4, -0.2) is 20.8 Å². The maximum absolute atomic E-state index is 8.37. The van der Waals surface area contributed by atoms with E-state index in [-0.39, 0.29) is 11.9 Å². The lowest BCUT2D eigenvalue weighted by molar-refractivity contribution is 0.315. The molecule has 0 radical (unpaired) electrons. The van der Waals surface area contributed by atoms with Crippen LogP contribution in [0.15, 0.2) is 17.5 Å². The standard InChI is InChI=1S/C7H11IN4O/c1-5(2-7(9)11-13)12-4-6(8)3-10-12/h3-5,13H,2H2,1H3,(H2,9,11). The Morgan fingerprint density at radius 2 is 2.62 bits per heavy atom. The number of amidine groups is 1. The molecule has 72 valence electrons. The number of aromatic nitrogens is 2. The van der Waals surface area contributed by atoms with Crippen LogP contribution in [0.25, 0.3) is 0 Å². The van der Waals surface area contributed by atoms with Crippen molar-refractivity contribution in [3.05, 3.63) is 16.0 Å². The Morgan fingerprint density at radius 3 is 3.08 bits per heavy atom. The molecule has 0 aliphatic carbocycles. The SMILES string of the molecule is CC(CC(N)=NO)n1cc(I)cn1. The maximum atomic E-state index is 8.37. The molecule has 0 aliphatic heterocycles. The van der Waals surface area contributed by atoms with Gasteiger partial charge in [-0.15, -0.1) is 0 Å². The van der Waals surface area contributed by atoms with E-state index in [1.807, 2.05) is 13.1 Å². The molecule has 6 heteroatoms. The summed E-state index contributed by atoms with van der Waals surface area (Å²) in [4.78, 5) is 0. The van der Waals surface area contributed by atoms with Crippen LogP contribution in [0.1, 0.15) is 19.4 Å². The van der Waals surface area contributed by atoms with Crippen LogP contribution in [0.4, 0.5) is 0 Å². The lowest BCUT2D eigenvalue weighted by atomic mass is 10.2. The average molecular weight is 294 g/mol. The number of rotatable bonds is 3. The summed E-state index contributed by atoms with van der Waals surface area (Å²) in [5.74, 6) is 0.220. The molecule has 0 amide bonds. The van der Waals surface area contributed by atoms with E-state index in [1.165, 1.54) is 0 Å². The second-order valence-corrected chi connectivity index (χ2v) is 4.03. The third kappa shape index (κ3) is 2.87. The number of nitrogens with zero attached hydrogens (tertiary/aromatic N) is 3. The molecule has 1 aromatic heterocycles. The maximum Gasteiger partial charge on any atom is 0.141 e. The van der Waals surface area contributed by atoms with Crippen molar-refractivity contribution in [3.8, 4) is 0 Å². The summed E-state index contributed by atoms with van der Waals surface area (Å²) in [7, 11) is 0. The molecule has 3 N–H and O–H groups in total. The normalized spacial score (nSPS) is 14.5. The molecule has 1 rings (SSSR count). The summed E-state index contributed by atoms with van der Waals surface area (Å²) >= 11 is 2.18. The van der Waals surface area contributed by atoms with E-state index in [0.717, 1.165) is 3.57 Å². The van der Waals surface area contributed by atoms with Gasteiger partial charge in [0, 0.05) is 12.6 Å². The third-order valence-corrected chi connectivity index (χ3v) is 2.21. The van der Waals surface area contributed by atoms with Crippen LogP contribution in [0.3, 0.4) is 0 Å². The fourth-order valence-corrected chi connectivity index (χ4v) is 1.40. The Labute approximate surface area is 89.7 Å². The van der Waals surface area contributed by atoms with Gasteiger partial charge in [0.05, 0.1) is 15.8 Å². The number of hydrogen-bond donors (Lipinski definition) is 2. The minimum atomic E-state index is 0.111. The van der Waals surface area contributed by atoms with Gasteiger partial charge in [-0.3, -0.25) is 4.68 Å². The van der Waals surface area contributed by atoms with Gasteiger partial charge in [-0.2, -0.15) is 5.10 Å². The first-order valence-electron chi connectivity index (χ1n) is 3.79. The molecule has 1 heterocycles. The molecule has 0 spiro atoms. The molecule has 13 heavy (non-hydrogen) atoms. The quantitative estimate of drug-likeness (QED) is 0.289. The van der Waals surface area contributed by atoms with Gasteiger partial charge in [0.2, 0.25) is 0 Å². The zero-order valence-electron chi connectivity index (χ0n) is 7.18. The van der Waals surface area contributed by atoms with Gasteiger partial charge >= 0.3 is 0 Å². The van der Waals surface area contributed by atoms with Gasteiger partial charge in [-0.25, -0.2) is 0 Å². The number of nitrogens with two attached hydrogens (primary N) is 1. The summed E-state index contributed by atoms with van der Waals surface area (Å²) < 4.78 is 2.86. The molecular formula is C7H11IN4O. The molecule has 0 aliphatic rings. The lowest BCUT2D eigenvalue weighted by Crippen LogP contribution is -2.18. The van der Waals surface area contributed by atoms with Crippen LogP contribution in [-0.2, 0) is 0 Å². The minimum Gasteiger partial charge on any atom is -0.409 e. The first kappa shape index (κ1) is 10.3. The van der Waals surface area contributed by atoms with Crippen LogP contribution in [0.2, 0.25) is 0 Å². The second kappa shape index (κ2) is 4.45. The zero-order chi connectivity index (χ0) is 9.84. The zero-order valence-corrected chi connectivity index (χ0v) is 9.34. The van der Waals surface area contributed by atoms with Crippen molar-refractivity contribution in [2.75, 3.05) is 0 Å². The predicted molar refractivity (Wildman–Crippen MR) is 57.7 cm³/mol. The number of halogens is 1. The van der Waals surface area contributed by atoms with Crippen LogP contribution < -0.4 is 5.73 Å². The molecule has 1 atom stereocenters. The predicted octanol–water partition coefficient (Wildman–Crippen LogP) is 1.19. The molecule has 5 nitrogen and oxygen atoms in total. The van der Waals surface area contributed by atoms with E-state index in [1.54, 1.807) is 10.9 Å². The van der Waals surface area contributed by atoms with Crippen LogP contribution in [0.5, 0.6) is 0 Å². The van der Waals surface area contributed by atoms with Crippen molar-refractivity contribution in [1.29, 1.82) is 0 Å². The highest BCUT2D eigenvalue weighted by Crippen LogP contribution is 2.11. The molecule has 0 aromatic carbocycles. The summed E-state index contributed by atoms with van der Waals surface area (Å²) in [5.41, 5.74) is 5.38. The van der Waals surface area contributed by atoms with Crippen molar-refractivity contribution < 1.29 is 5.21 Å². The Balaban J connectivity index is 2.63. The smallest absolute Gasteiger partial charge is 0.141 e. The molecule has 0 fully saturated rings. The largest absolute Gasteiger partial charge is 0.409 e. The van der Waals surface area contributed by atoms with Gasteiger partial charge in [0.15, 0.2) is 0 Å². The lowest BCUT2D eigenvalue weighted by Gasteiger charge is -2.09. The molecule has 0 saturated heterocycles. The molecule has 1 unspecified atom stereocenters. The second-order valence-electron chi connectivity index (χ2n) is 2.78. The van der Waals surface area contributed by atoms with Gasteiger partial charge in [0.25, 0.3) is 0 Å². The average Bonchev–Trinajstić information content (AvgIpc) is 2.51. The van der Waals surface area contributed by atoms with Crippen molar-refractivity contribution in [1.82, 2.24) is 9.78 Å². The van der Waals surface area contributed by atoms with Crippen molar-refractivity contribution in [2.45, 2.75) is 19.4 Å². The molecule has 0 bridgehead atoms. The Hall–Kier alpha value is -0.790. The summed E-state index contributed by atoms with van der Waals surface area (Å²) in [5, 5.41) is 15.4. The van der Waals surface area contributed by atoms with Gasteiger partial charge in [-0.1, -0.05) is 5.16 Å². The highest BCUT2D eigenvalue weighted by molar-refractivity contribution is 14.1. The molecule has 0 saturated carbocycles. The van der Waals surface area contributed by atoms with Crippen LogP contribution >= 0.6 is 22.6 Å². The molecule has 1 aromatic rings. The van der Waals surface area contributed by atoms with Crippen molar-refractivity contribution >= 4 is 28.4 Å². The first-order chi connectivity index (χ1) is 6.13. The highest BCUT2D eigenvalue weighted by atomic mass is 127. The van der Waals surface area contributed by atoms with Gasteiger partial charge < -0.3 is 10.9 Å². The van der Waals surface area contributed by atoms with E-state index < -0.39 is 0 Å². The Morgan fingerprint density at radius 1 is 1.92 bits per heavy atom. The minimum absolute atomic E-state index is 0.111. The third-order valence-electron chi connectivity index (χ3n) is 1.65. The first-order valence-corrected chi connectivity index (χ1v) is 4.87. The van der Waals surface area contributed by atoms with Gasteiger partial charge in [0.1, 0.15) is 5.84 Å². The summed E-state index contributed by atoms with van der Waals surface area (Å²) in [6.07, 6.45) is 4.17.